The molecule has 0 spiro atoms. The number of ketones is 1. The molecule has 0 atom stereocenters. The molecule has 0 unspecified atom stereocenters. The summed E-state index contributed by atoms with van der Waals surface area (Å²) >= 11 is 11.7. The molecule has 3 rings (SSSR count). The summed E-state index contributed by atoms with van der Waals surface area (Å²) in [5.41, 5.74) is 0.850. The molecule has 29 heavy (non-hydrogen) atoms. The summed E-state index contributed by atoms with van der Waals surface area (Å²) in [5.74, 6) is -1.69. The Labute approximate surface area is 175 Å². The first-order valence-electron chi connectivity index (χ1n) is 8.24. The quantitative estimate of drug-likeness (QED) is 0.382. The third kappa shape index (κ3) is 4.55. The number of carbonyl (C=O) groups excluding carboxylic acids is 2. The molecule has 4 nitrogen and oxygen atoms in total. The molecule has 148 valence electrons. The molecule has 0 saturated heterocycles. The number of nitrogens with one attached hydrogen (secondary N) is 1. The molecule has 0 bridgehead atoms. The Morgan fingerprint density at radius 1 is 0.966 bits per heavy atom. The molecule has 3 aromatic carbocycles. The monoisotopic (exact) mass is 435 g/mol. The van der Waals surface area contributed by atoms with Gasteiger partial charge in [-0.15, -0.1) is 0 Å². The zero-order valence-corrected chi connectivity index (χ0v) is 16.4. The van der Waals surface area contributed by atoms with Crippen LogP contribution in [0.15, 0.2) is 54.6 Å². The summed E-state index contributed by atoms with van der Waals surface area (Å²) in [4.78, 5) is 24.4. The van der Waals surface area contributed by atoms with Gasteiger partial charge in [-0.1, -0.05) is 11.6 Å². The molecule has 3 aromatic rings. The van der Waals surface area contributed by atoms with Crippen LogP contribution in [-0.2, 0) is 0 Å². The number of hydrogen-bond acceptors (Lipinski definition) is 4. The summed E-state index contributed by atoms with van der Waals surface area (Å²) < 4.78 is 32.0. The van der Waals surface area contributed by atoms with Crippen molar-refractivity contribution in [3.63, 3.8) is 0 Å². The maximum atomic E-state index is 13.8. The van der Waals surface area contributed by atoms with Crippen molar-refractivity contribution in [2.75, 3.05) is 12.4 Å². The standard InChI is InChI=1S/C21H13Cl2F2NO3/c1-29-19-7-2-11(21(23)28)8-15(19)20(27)14-5-4-13(10-16(14)22)26-18-6-3-12(24)9-17(18)25/h2-10,26H,1H3. The number of halogens is 4. The Hall–Kier alpha value is -2.96. The largest absolute Gasteiger partial charge is 0.496 e. The molecule has 0 aromatic heterocycles. The second kappa shape index (κ2) is 8.59. The third-order valence-electron chi connectivity index (χ3n) is 4.09. The molecule has 0 amide bonds. The highest BCUT2D eigenvalue weighted by Gasteiger charge is 2.19. The molecule has 1 N–H and O–H groups in total. The lowest BCUT2D eigenvalue weighted by Crippen LogP contribution is -2.07. The van der Waals surface area contributed by atoms with Crippen LogP contribution in [0.5, 0.6) is 5.75 Å². The smallest absolute Gasteiger partial charge is 0.252 e. The van der Waals surface area contributed by atoms with Crippen LogP contribution >= 0.6 is 23.2 Å². The molecule has 8 heteroatoms. The van der Waals surface area contributed by atoms with Gasteiger partial charge in [-0.25, -0.2) is 8.78 Å². The second-order valence-electron chi connectivity index (χ2n) is 5.96. The van der Waals surface area contributed by atoms with E-state index in [1.54, 1.807) is 0 Å². The minimum absolute atomic E-state index is 0.0524. The molecule has 0 radical (unpaired) electrons. The number of hydrogen-bond donors (Lipinski definition) is 1. The highest BCUT2D eigenvalue weighted by atomic mass is 35.5. The van der Waals surface area contributed by atoms with Gasteiger partial charge in [-0.2, -0.15) is 0 Å². The number of carbonyl (C=O) groups is 2. The number of methoxy groups -OCH3 is 1. The zero-order chi connectivity index (χ0) is 21.1. The Morgan fingerprint density at radius 2 is 1.72 bits per heavy atom. The van der Waals surface area contributed by atoms with Gasteiger partial charge >= 0.3 is 0 Å². The zero-order valence-electron chi connectivity index (χ0n) is 14.9. The van der Waals surface area contributed by atoms with Crippen molar-refractivity contribution < 1.29 is 23.1 Å². The van der Waals surface area contributed by atoms with Gasteiger partial charge in [0.15, 0.2) is 5.78 Å². The normalized spacial score (nSPS) is 10.5. The van der Waals surface area contributed by atoms with Crippen LogP contribution in [0.3, 0.4) is 0 Å². The van der Waals surface area contributed by atoms with Crippen LogP contribution in [0.1, 0.15) is 26.3 Å². The first-order valence-corrected chi connectivity index (χ1v) is 9.00. The van der Waals surface area contributed by atoms with Crippen molar-refractivity contribution in [3.05, 3.63) is 87.9 Å². The van der Waals surface area contributed by atoms with E-state index in [9.17, 15) is 18.4 Å². The molecular formula is C21H13Cl2F2NO3. The fourth-order valence-electron chi connectivity index (χ4n) is 2.68. The van der Waals surface area contributed by atoms with E-state index >= 15 is 0 Å². The Morgan fingerprint density at radius 3 is 2.34 bits per heavy atom. The van der Waals surface area contributed by atoms with E-state index < -0.39 is 22.7 Å². The van der Waals surface area contributed by atoms with Crippen molar-refractivity contribution in [3.8, 4) is 5.75 Å². The minimum atomic E-state index is -0.770. The molecule has 0 aliphatic carbocycles. The summed E-state index contributed by atoms with van der Waals surface area (Å²) in [6, 6.07) is 11.7. The number of ether oxygens (including phenoxy) is 1. The van der Waals surface area contributed by atoms with Gasteiger partial charge in [-0.05, 0) is 60.1 Å². The SMILES string of the molecule is COc1ccc(C(=O)Cl)cc1C(=O)c1ccc(Nc2ccc(F)cc2F)cc1Cl. The number of benzene rings is 3. The summed E-state index contributed by atoms with van der Waals surface area (Å²) in [5, 5.41) is 2.14. The van der Waals surface area contributed by atoms with Crippen LogP contribution in [0, 0.1) is 11.6 Å². The van der Waals surface area contributed by atoms with Gasteiger partial charge in [0.25, 0.3) is 5.24 Å². The fraction of sp³-hybridized carbons (Fsp3) is 0.0476. The predicted molar refractivity (Wildman–Crippen MR) is 108 cm³/mol. The lowest BCUT2D eigenvalue weighted by molar-refractivity contribution is 0.103. The maximum absolute atomic E-state index is 13.8. The van der Waals surface area contributed by atoms with Gasteiger partial charge in [0.2, 0.25) is 0 Å². The first-order chi connectivity index (χ1) is 13.8. The second-order valence-corrected chi connectivity index (χ2v) is 6.71. The molecule has 0 aliphatic heterocycles. The van der Waals surface area contributed by atoms with E-state index in [0.717, 1.165) is 12.1 Å². The summed E-state index contributed by atoms with van der Waals surface area (Å²) in [6.45, 7) is 0. The van der Waals surface area contributed by atoms with Crippen molar-refractivity contribution in [2.24, 2.45) is 0 Å². The van der Waals surface area contributed by atoms with Crippen molar-refractivity contribution in [1.82, 2.24) is 0 Å². The van der Waals surface area contributed by atoms with Gasteiger partial charge in [0, 0.05) is 22.9 Å². The average Bonchev–Trinajstić information content (AvgIpc) is 2.69. The highest BCUT2D eigenvalue weighted by Crippen LogP contribution is 2.30. The van der Waals surface area contributed by atoms with E-state index in [0.29, 0.717) is 5.69 Å². The molecular weight excluding hydrogens is 423 g/mol. The van der Waals surface area contributed by atoms with E-state index in [4.69, 9.17) is 27.9 Å². The minimum Gasteiger partial charge on any atom is -0.496 e. The van der Waals surface area contributed by atoms with E-state index in [-0.39, 0.29) is 33.1 Å². The molecule has 0 aliphatic rings. The molecule has 0 fully saturated rings. The summed E-state index contributed by atoms with van der Waals surface area (Å²) in [7, 11) is 1.39. The van der Waals surface area contributed by atoms with Crippen LogP contribution in [0.2, 0.25) is 5.02 Å². The van der Waals surface area contributed by atoms with Crippen LogP contribution in [0.4, 0.5) is 20.2 Å². The number of anilines is 2. The Bertz CT molecular complexity index is 1120. The topological polar surface area (TPSA) is 55.4 Å². The maximum Gasteiger partial charge on any atom is 0.252 e. The van der Waals surface area contributed by atoms with Crippen molar-refractivity contribution in [2.45, 2.75) is 0 Å². The number of rotatable bonds is 6. The van der Waals surface area contributed by atoms with Crippen LogP contribution < -0.4 is 10.1 Å². The van der Waals surface area contributed by atoms with Gasteiger partial charge < -0.3 is 10.1 Å². The van der Waals surface area contributed by atoms with Crippen molar-refractivity contribution >= 4 is 45.6 Å². The lowest BCUT2D eigenvalue weighted by atomic mass is 10.00. The Balaban J connectivity index is 1.93. The van der Waals surface area contributed by atoms with E-state index in [2.05, 4.69) is 5.32 Å². The van der Waals surface area contributed by atoms with Crippen LogP contribution in [0.25, 0.3) is 0 Å². The van der Waals surface area contributed by atoms with Gasteiger partial charge in [0.1, 0.15) is 17.4 Å². The average molecular weight is 436 g/mol. The van der Waals surface area contributed by atoms with E-state index in [1.807, 2.05) is 0 Å². The predicted octanol–water partition coefficient (Wildman–Crippen LogP) is 5.98. The third-order valence-corrected chi connectivity index (χ3v) is 4.63. The van der Waals surface area contributed by atoms with Crippen LogP contribution in [-0.4, -0.2) is 18.1 Å². The summed E-state index contributed by atoms with van der Waals surface area (Å²) in [6.07, 6.45) is 0. The lowest BCUT2D eigenvalue weighted by Gasteiger charge is -2.12. The highest BCUT2D eigenvalue weighted by molar-refractivity contribution is 6.67. The van der Waals surface area contributed by atoms with Gasteiger partial charge in [-0.3, -0.25) is 9.59 Å². The Kier molecular flexibility index (Phi) is 6.15. The first kappa shape index (κ1) is 20.8. The van der Waals surface area contributed by atoms with Gasteiger partial charge in [0.05, 0.1) is 23.4 Å². The van der Waals surface area contributed by atoms with E-state index in [1.165, 1.54) is 49.6 Å². The molecule has 0 saturated carbocycles. The molecule has 0 heterocycles. The van der Waals surface area contributed by atoms with Crippen molar-refractivity contribution in [1.29, 1.82) is 0 Å². The fourth-order valence-corrected chi connectivity index (χ4v) is 3.06.